The summed E-state index contributed by atoms with van der Waals surface area (Å²) >= 11 is 10.3. The van der Waals surface area contributed by atoms with Gasteiger partial charge in [-0.15, -0.1) is 56.7 Å². The van der Waals surface area contributed by atoms with E-state index in [2.05, 4.69) is 106 Å². The van der Waals surface area contributed by atoms with Crippen molar-refractivity contribution in [2.24, 2.45) is 23.7 Å². The smallest absolute Gasteiger partial charge is 0.170 e. The zero-order valence-corrected chi connectivity index (χ0v) is 51.9. The molecule has 0 fully saturated rings. The molecule has 12 heteroatoms. The van der Waals surface area contributed by atoms with Crippen LogP contribution in [-0.2, 0) is 0 Å². The lowest BCUT2D eigenvalue weighted by Crippen LogP contribution is -2.56. The number of aryl methyl sites for hydroxylation is 2. The summed E-state index contributed by atoms with van der Waals surface area (Å²) in [7, 11) is -4.72. The van der Waals surface area contributed by atoms with Crippen molar-refractivity contribution in [1.82, 2.24) is 8.75 Å². The number of fused-ring (bicyclic) bond motifs is 7. The highest BCUT2D eigenvalue weighted by Crippen LogP contribution is 2.53. The molecular formula is C60H80F2N2S6Si2. The number of thiophene rings is 5. The summed E-state index contributed by atoms with van der Waals surface area (Å²) in [6.45, 7) is 23.4. The normalized spacial score (nSPS) is 18.7. The lowest BCUT2D eigenvalue weighted by molar-refractivity contribution is 0.469. The third kappa shape index (κ3) is 10.1. The molecule has 0 bridgehead atoms. The Hall–Kier alpha value is -2.17. The van der Waals surface area contributed by atoms with Gasteiger partial charge < -0.3 is 0 Å². The van der Waals surface area contributed by atoms with Crippen molar-refractivity contribution in [3.05, 3.63) is 57.8 Å². The molecule has 0 saturated carbocycles. The van der Waals surface area contributed by atoms with Crippen LogP contribution in [0.25, 0.3) is 61.2 Å². The van der Waals surface area contributed by atoms with Gasteiger partial charge in [-0.1, -0.05) is 158 Å². The Morgan fingerprint density at radius 3 is 1.15 bits per heavy atom. The fraction of sp³-hybridized carbons (Fsp3) is 0.567. The maximum Gasteiger partial charge on any atom is 0.170 e. The Bertz CT molecular complexity index is 2910. The zero-order chi connectivity index (χ0) is 50.9. The van der Waals surface area contributed by atoms with Crippen molar-refractivity contribution < 1.29 is 8.78 Å². The summed E-state index contributed by atoms with van der Waals surface area (Å²) in [5.41, 5.74) is 1.68. The van der Waals surface area contributed by atoms with Gasteiger partial charge in [0.1, 0.15) is 27.2 Å². The van der Waals surface area contributed by atoms with Gasteiger partial charge in [0.05, 0.1) is 22.9 Å². The molecule has 0 N–H and O–H groups in total. The number of halogens is 2. The first-order valence-corrected chi connectivity index (χ1v) is 37.8. The first-order valence-electron chi connectivity index (χ1n) is 28.2. The van der Waals surface area contributed by atoms with Crippen LogP contribution in [0.5, 0.6) is 0 Å². The molecule has 0 amide bonds. The Morgan fingerprint density at radius 1 is 0.431 bits per heavy atom. The van der Waals surface area contributed by atoms with Gasteiger partial charge in [0.15, 0.2) is 11.6 Å². The average Bonchev–Trinajstić information content (AvgIpc) is 4.26. The fourth-order valence-corrected chi connectivity index (χ4v) is 35.5. The van der Waals surface area contributed by atoms with Crippen LogP contribution in [0.1, 0.15) is 168 Å². The minimum Gasteiger partial charge on any atom is -0.203 e. The molecule has 2 aliphatic heterocycles. The van der Waals surface area contributed by atoms with Gasteiger partial charge in [0, 0.05) is 48.8 Å². The van der Waals surface area contributed by atoms with E-state index < -0.39 is 27.8 Å². The van der Waals surface area contributed by atoms with E-state index in [1.54, 1.807) is 33.0 Å². The Kier molecular flexibility index (Phi) is 17.9. The average molecular weight is 1120 g/mol. The minimum absolute atomic E-state index is 0.318. The van der Waals surface area contributed by atoms with Crippen molar-refractivity contribution in [3.63, 3.8) is 0 Å². The summed E-state index contributed by atoms with van der Waals surface area (Å²) in [6.07, 6.45) is 19.6. The van der Waals surface area contributed by atoms with Gasteiger partial charge in [-0.05, 0) is 119 Å². The lowest BCUT2D eigenvalue weighted by atomic mass is 10.0. The second-order valence-corrected chi connectivity index (χ2v) is 36.4. The SMILES string of the molecule is CCCCC(CC)C[Si]1(CC(CC)CCCC)c2cc(C)sc2-c2sc(-c3c(F)c(F)c(-c4cc5c(s4)-c4sc(-c6ccc(C)s6)cc4[Si]5(CC(CC)CCCC)CC(CC)CCCC)c4nsnc34)cc21. The van der Waals surface area contributed by atoms with Crippen molar-refractivity contribution in [3.8, 4) is 50.1 Å². The highest BCUT2D eigenvalue weighted by molar-refractivity contribution is 7.33. The van der Waals surface area contributed by atoms with E-state index in [9.17, 15) is 0 Å². The first-order chi connectivity index (χ1) is 34.9. The number of nitrogens with zero attached hydrogens (tertiary/aromatic N) is 2. The molecule has 388 valence electrons. The molecule has 0 spiro atoms. The fourth-order valence-electron chi connectivity index (χ4n) is 13.2. The topological polar surface area (TPSA) is 25.8 Å². The summed E-state index contributed by atoms with van der Waals surface area (Å²) in [5, 5.41) is 6.22. The summed E-state index contributed by atoms with van der Waals surface area (Å²) in [6, 6.07) is 19.4. The van der Waals surface area contributed by atoms with Crippen LogP contribution in [0.2, 0.25) is 24.2 Å². The van der Waals surface area contributed by atoms with Crippen LogP contribution >= 0.6 is 68.4 Å². The van der Waals surface area contributed by atoms with E-state index in [4.69, 9.17) is 8.75 Å². The molecule has 6 aromatic heterocycles. The van der Waals surface area contributed by atoms with Gasteiger partial charge in [-0.25, -0.2) is 8.78 Å². The molecule has 2 nitrogen and oxygen atoms in total. The Labute approximate surface area is 457 Å². The van der Waals surface area contributed by atoms with Crippen molar-refractivity contribution in [1.29, 1.82) is 0 Å². The quantitative estimate of drug-likeness (QED) is 0.0480. The van der Waals surface area contributed by atoms with E-state index >= 15 is 8.78 Å². The maximum absolute atomic E-state index is 17.9. The maximum atomic E-state index is 17.9. The van der Waals surface area contributed by atoms with Crippen LogP contribution in [0.15, 0.2) is 36.4 Å². The molecule has 0 radical (unpaired) electrons. The van der Waals surface area contributed by atoms with Gasteiger partial charge >= 0.3 is 0 Å². The molecule has 7 aromatic rings. The van der Waals surface area contributed by atoms with Gasteiger partial charge in [-0.2, -0.15) is 8.75 Å². The third-order valence-corrected chi connectivity index (χ3v) is 35.4. The third-order valence-electron chi connectivity index (χ3n) is 17.3. The number of aromatic nitrogens is 2. The highest BCUT2D eigenvalue weighted by Gasteiger charge is 2.52. The van der Waals surface area contributed by atoms with Crippen LogP contribution in [-0.4, -0.2) is 24.9 Å². The van der Waals surface area contributed by atoms with Crippen molar-refractivity contribution in [2.45, 2.75) is 196 Å². The molecule has 72 heavy (non-hydrogen) atoms. The van der Waals surface area contributed by atoms with Crippen molar-refractivity contribution >= 4 is 116 Å². The van der Waals surface area contributed by atoms with Crippen LogP contribution < -0.4 is 20.7 Å². The Morgan fingerprint density at radius 2 is 0.792 bits per heavy atom. The van der Waals surface area contributed by atoms with Crippen LogP contribution in [0.3, 0.4) is 0 Å². The second kappa shape index (κ2) is 23.6. The number of hydrogen-bond acceptors (Lipinski definition) is 8. The van der Waals surface area contributed by atoms with Gasteiger partial charge in [0.25, 0.3) is 0 Å². The van der Waals surface area contributed by atoms with Crippen molar-refractivity contribution in [2.75, 3.05) is 0 Å². The summed E-state index contributed by atoms with van der Waals surface area (Å²) < 4.78 is 45.6. The highest BCUT2D eigenvalue weighted by atomic mass is 32.1. The summed E-state index contributed by atoms with van der Waals surface area (Å²) in [4.78, 5) is 12.5. The van der Waals surface area contributed by atoms with Crippen LogP contribution in [0, 0.1) is 49.2 Å². The molecule has 1 aromatic carbocycles. The van der Waals surface area contributed by atoms with E-state index in [-0.39, 0.29) is 0 Å². The predicted octanol–water partition coefficient (Wildman–Crippen LogP) is 19.8. The van der Waals surface area contributed by atoms with E-state index in [0.29, 0.717) is 45.8 Å². The number of rotatable bonds is 27. The molecule has 8 heterocycles. The first kappa shape index (κ1) is 54.6. The molecule has 9 rings (SSSR count). The van der Waals surface area contributed by atoms with E-state index in [1.807, 2.05) is 34.0 Å². The Balaban J connectivity index is 1.21. The number of unbranched alkanes of at least 4 members (excludes halogenated alkanes) is 4. The van der Waals surface area contributed by atoms with Gasteiger partial charge in [-0.3, -0.25) is 0 Å². The largest absolute Gasteiger partial charge is 0.203 e. The monoisotopic (exact) mass is 1110 g/mol. The predicted molar refractivity (Wildman–Crippen MR) is 326 cm³/mol. The standard InChI is InChI=1S/C60H80F2N2S6Si2/c1-11-19-23-39(15-5)33-71(34-40(16-6)24-20-12-2)47-29-38(10)66-57(47)58-49(71)31-45(68-58)51-53(61)54(62)52(56-55(51)63-70-64-56)46-32-50-60(69-46)59-48(30-44(67-59)43-28-27-37(9)65-43)72(50,35-41(17-7)25-21-13-3)36-42(18-8)26-22-14-4/h27-32,39-42H,11-26,33-36H2,1-10H3. The van der Waals surface area contributed by atoms with Gasteiger partial charge in [0.2, 0.25) is 0 Å². The lowest BCUT2D eigenvalue weighted by Gasteiger charge is -2.35. The molecule has 4 unspecified atom stereocenters. The zero-order valence-electron chi connectivity index (χ0n) is 45.0. The van der Waals surface area contributed by atoms with E-state index in [1.165, 1.54) is 176 Å². The molecule has 0 aliphatic carbocycles. The van der Waals surface area contributed by atoms with Crippen LogP contribution in [0.4, 0.5) is 8.78 Å². The molecule has 2 aliphatic rings. The second-order valence-electron chi connectivity index (χ2n) is 22.1. The molecule has 4 atom stereocenters. The molecular weight excluding hydrogens is 1040 g/mol. The number of benzene rings is 1. The minimum atomic E-state index is -2.41. The summed E-state index contributed by atoms with van der Waals surface area (Å²) in [5.74, 6) is 1.06. The van der Waals surface area contributed by atoms with E-state index in [0.717, 1.165) is 21.5 Å². The number of hydrogen-bond donors (Lipinski definition) is 0. The molecule has 0 saturated heterocycles.